The number of hydrogen-bond donors (Lipinski definition) is 3. The van der Waals surface area contributed by atoms with Gasteiger partial charge in [0.2, 0.25) is 0 Å². The average Bonchev–Trinajstić information content (AvgIpc) is 2.45. The minimum absolute atomic E-state index is 0. The lowest BCUT2D eigenvalue weighted by Crippen LogP contribution is -2.51. The number of aromatic hydroxyl groups is 1. The van der Waals surface area contributed by atoms with Gasteiger partial charge in [-0.1, -0.05) is 23.2 Å². The van der Waals surface area contributed by atoms with Crippen molar-refractivity contribution in [2.45, 2.75) is 12.0 Å². The molecule has 1 aliphatic heterocycles. The van der Waals surface area contributed by atoms with Crippen molar-refractivity contribution in [3.8, 4) is 5.75 Å². The van der Waals surface area contributed by atoms with Crippen molar-refractivity contribution in [1.29, 1.82) is 0 Å². The Hall–Kier alpha value is -0.370. The number of nitrogens with one attached hydrogen (secondary N) is 1. The third-order valence-corrected chi connectivity index (χ3v) is 3.99. The second kappa shape index (κ2) is 7.95. The number of aliphatic hydroxyl groups is 1. The number of hydrogen-bond acceptors (Lipinski definition) is 4. The fourth-order valence-electron chi connectivity index (χ4n) is 2.51. The molecule has 0 radical (unpaired) electrons. The maximum absolute atomic E-state index is 14.2. The van der Waals surface area contributed by atoms with Crippen LogP contribution in [0.15, 0.2) is 12.1 Å². The van der Waals surface area contributed by atoms with Gasteiger partial charge in [0.15, 0.2) is 0 Å². The summed E-state index contributed by atoms with van der Waals surface area (Å²) in [6.45, 7) is 0.499. The van der Waals surface area contributed by atoms with E-state index < -0.39 is 24.3 Å². The maximum Gasteiger partial charge on any atom is 0.290 e. The molecule has 9 heteroatoms. The summed E-state index contributed by atoms with van der Waals surface area (Å²) in [6, 6.07) is 1.06. The smallest absolute Gasteiger partial charge is 0.290 e. The molecule has 0 aromatic heterocycles. The first-order valence-corrected chi connectivity index (χ1v) is 7.24. The lowest BCUT2D eigenvalue weighted by atomic mass is 9.97. The first kappa shape index (κ1) is 19.7. The molecule has 0 amide bonds. The van der Waals surface area contributed by atoms with Crippen LogP contribution in [0.2, 0.25) is 10.0 Å². The molecule has 1 atom stereocenters. The summed E-state index contributed by atoms with van der Waals surface area (Å²) in [5.74, 6) is -3.86. The molecule has 2 rings (SSSR count). The summed E-state index contributed by atoms with van der Waals surface area (Å²) >= 11 is 11.7. The second-order valence-corrected chi connectivity index (χ2v) is 5.78. The highest BCUT2D eigenvalue weighted by atomic mass is 35.5. The SMILES string of the molecule is Cl.OCC(F)(F)[C@@H](c1cc(Cl)cc(Cl)c1O)N1CCNCC1. The number of nitrogens with zero attached hydrogens (tertiary/aromatic N) is 1. The van der Waals surface area contributed by atoms with Crippen molar-refractivity contribution in [3.63, 3.8) is 0 Å². The fraction of sp³-hybridized carbons (Fsp3) is 0.538. The number of phenols is 1. The first-order valence-electron chi connectivity index (χ1n) is 6.48. The van der Waals surface area contributed by atoms with Crippen LogP contribution in [0, 0.1) is 0 Å². The van der Waals surface area contributed by atoms with Crippen LogP contribution in [0.1, 0.15) is 11.6 Å². The summed E-state index contributed by atoms with van der Waals surface area (Å²) in [6.07, 6.45) is 0. The predicted molar refractivity (Wildman–Crippen MR) is 84.6 cm³/mol. The Labute approximate surface area is 143 Å². The highest BCUT2D eigenvalue weighted by Gasteiger charge is 2.45. The van der Waals surface area contributed by atoms with E-state index in [1.807, 2.05) is 0 Å². The van der Waals surface area contributed by atoms with Gasteiger partial charge < -0.3 is 15.5 Å². The molecule has 22 heavy (non-hydrogen) atoms. The zero-order chi connectivity index (χ0) is 15.6. The molecule has 126 valence electrons. The van der Waals surface area contributed by atoms with E-state index in [2.05, 4.69) is 5.32 Å². The van der Waals surface area contributed by atoms with Crippen molar-refractivity contribution < 1.29 is 19.0 Å². The van der Waals surface area contributed by atoms with Crippen LogP contribution < -0.4 is 5.32 Å². The Balaban J connectivity index is 0.00000242. The van der Waals surface area contributed by atoms with Gasteiger partial charge in [0, 0.05) is 36.8 Å². The average molecular weight is 378 g/mol. The first-order chi connectivity index (χ1) is 9.86. The summed E-state index contributed by atoms with van der Waals surface area (Å²) in [5.41, 5.74) is -0.0755. The van der Waals surface area contributed by atoms with Gasteiger partial charge in [-0.3, -0.25) is 4.90 Å². The third kappa shape index (κ3) is 4.13. The molecular formula is C13H17Cl3F2N2O2. The van der Waals surface area contributed by atoms with E-state index in [9.17, 15) is 13.9 Å². The van der Waals surface area contributed by atoms with Crippen LogP contribution in [0.3, 0.4) is 0 Å². The zero-order valence-corrected chi connectivity index (χ0v) is 13.9. The standard InChI is InChI=1S/C13H16Cl2F2N2O2.ClH/c14-8-5-9(11(21)10(15)6-8)12(13(16,17)7-20)19-3-1-18-2-4-19;/h5-6,12,18,20-21H,1-4,7H2;1H/t12-;/m1./s1. The number of rotatable bonds is 4. The van der Waals surface area contributed by atoms with Crippen LogP contribution in [0.25, 0.3) is 0 Å². The van der Waals surface area contributed by atoms with Crippen LogP contribution in [-0.4, -0.2) is 53.8 Å². The molecular weight excluding hydrogens is 361 g/mol. The number of aliphatic hydroxyl groups excluding tert-OH is 1. The molecule has 0 unspecified atom stereocenters. The molecule has 3 N–H and O–H groups in total. The highest BCUT2D eigenvalue weighted by molar-refractivity contribution is 6.35. The molecule has 1 fully saturated rings. The summed E-state index contributed by atoms with van der Waals surface area (Å²) in [4.78, 5) is 1.51. The summed E-state index contributed by atoms with van der Waals surface area (Å²) < 4.78 is 28.4. The van der Waals surface area contributed by atoms with Gasteiger partial charge in [0.25, 0.3) is 5.92 Å². The van der Waals surface area contributed by atoms with Gasteiger partial charge >= 0.3 is 0 Å². The number of halogens is 5. The molecule has 1 aromatic rings. The van der Waals surface area contributed by atoms with E-state index in [1.54, 1.807) is 0 Å². The molecule has 4 nitrogen and oxygen atoms in total. The lowest BCUT2D eigenvalue weighted by Gasteiger charge is -2.39. The monoisotopic (exact) mass is 376 g/mol. The van der Waals surface area contributed by atoms with Crippen molar-refractivity contribution in [2.24, 2.45) is 0 Å². The van der Waals surface area contributed by atoms with E-state index in [4.69, 9.17) is 28.3 Å². The number of phenolic OH excluding ortho intramolecular Hbond substituents is 1. The summed E-state index contributed by atoms with van der Waals surface area (Å²) in [7, 11) is 0. The predicted octanol–water partition coefficient (Wildman–Crippen LogP) is 2.69. The third-order valence-electron chi connectivity index (χ3n) is 3.48. The Morgan fingerprint density at radius 1 is 1.27 bits per heavy atom. The quantitative estimate of drug-likeness (QED) is 0.755. The topological polar surface area (TPSA) is 55.7 Å². The minimum atomic E-state index is -3.43. The van der Waals surface area contributed by atoms with Crippen LogP contribution in [-0.2, 0) is 0 Å². The lowest BCUT2D eigenvalue weighted by molar-refractivity contribution is -0.119. The van der Waals surface area contributed by atoms with Crippen LogP contribution in [0.4, 0.5) is 8.78 Å². The van der Waals surface area contributed by atoms with Gasteiger partial charge in [-0.25, -0.2) is 8.78 Å². The van der Waals surface area contributed by atoms with Crippen LogP contribution >= 0.6 is 35.6 Å². The van der Waals surface area contributed by atoms with E-state index in [-0.39, 0.29) is 28.0 Å². The Bertz CT molecular complexity index is 514. The van der Waals surface area contributed by atoms with E-state index >= 15 is 0 Å². The van der Waals surface area contributed by atoms with Gasteiger partial charge in [-0.2, -0.15) is 0 Å². The molecule has 0 bridgehead atoms. The Kier molecular flexibility index (Phi) is 7.11. The number of piperazine rings is 1. The molecule has 1 aromatic carbocycles. The van der Waals surface area contributed by atoms with Gasteiger partial charge in [-0.05, 0) is 12.1 Å². The second-order valence-electron chi connectivity index (χ2n) is 4.93. The normalized spacial score (nSPS) is 17.9. The van der Waals surface area contributed by atoms with Crippen molar-refractivity contribution >= 4 is 35.6 Å². The molecule has 0 aliphatic carbocycles. The van der Waals surface area contributed by atoms with Crippen LogP contribution in [0.5, 0.6) is 5.75 Å². The summed E-state index contributed by atoms with van der Waals surface area (Å²) in [5, 5.41) is 22.2. The van der Waals surface area contributed by atoms with Crippen molar-refractivity contribution in [2.75, 3.05) is 32.8 Å². The van der Waals surface area contributed by atoms with Gasteiger partial charge in [-0.15, -0.1) is 12.4 Å². The zero-order valence-electron chi connectivity index (χ0n) is 11.5. The Morgan fingerprint density at radius 3 is 2.41 bits per heavy atom. The largest absolute Gasteiger partial charge is 0.506 e. The van der Waals surface area contributed by atoms with Gasteiger partial charge in [0.1, 0.15) is 18.4 Å². The molecule has 1 aliphatic rings. The Morgan fingerprint density at radius 2 is 1.86 bits per heavy atom. The molecule has 1 saturated heterocycles. The van der Waals surface area contributed by atoms with Gasteiger partial charge in [0.05, 0.1) is 5.02 Å². The van der Waals surface area contributed by atoms with E-state index in [0.29, 0.717) is 26.2 Å². The maximum atomic E-state index is 14.2. The number of alkyl halides is 2. The molecule has 1 heterocycles. The van der Waals surface area contributed by atoms with E-state index in [0.717, 1.165) is 0 Å². The molecule has 0 saturated carbocycles. The number of benzene rings is 1. The van der Waals surface area contributed by atoms with Crippen molar-refractivity contribution in [1.82, 2.24) is 10.2 Å². The fourth-order valence-corrected chi connectivity index (χ4v) is 3.02. The minimum Gasteiger partial charge on any atom is -0.506 e. The van der Waals surface area contributed by atoms with E-state index in [1.165, 1.54) is 17.0 Å². The van der Waals surface area contributed by atoms with Crippen molar-refractivity contribution in [3.05, 3.63) is 27.7 Å². The molecule has 0 spiro atoms. The highest BCUT2D eigenvalue weighted by Crippen LogP contribution is 2.43.